The molecule has 192 valence electrons. The Morgan fingerprint density at radius 3 is 2.58 bits per heavy atom. The lowest BCUT2D eigenvalue weighted by molar-refractivity contribution is 0.0935. The summed E-state index contributed by atoms with van der Waals surface area (Å²) in [6.45, 7) is 3.60. The molecule has 2 heterocycles. The highest BCUT2D eigenvalue weighted by molar-refractivity contribution is 5.97. The molecule has 0 unspecified atom stereocenters. The summed E-state index contributed by atoms with van der Waals surface area (Å²) < 4.78 is 26.9. The number of carbonyl (C=O) groups excluding carboxylic acids is 1. The standard InChI is InChI=1S/C26H22F2N8O2/c1-13(17-7-8-19(27)20(28)9-17)34-25(37)22-24(32-12-18(10-29)35-22)31-11-15-3-5-16(6-4-15)21-14(2)33-23(30)26(38)36-21/h3-9,12-13H,11H2,1-2H3,(H2,30,33)(H,31,32)(H,34,37)(H,36,38)/t13-/m0/s1. The number of nitrogens with two attached hydrogens (primary N) is 1. The summed E-state index contributed by atoms with van der Waals surface area (Å²) in [7, 11) is 0. The van der Waals surface area contributed by atoms with Crippen LogP contribution < -0.4 is 21.9 Å². The third kappa shape index (κ3) is 5.62. The van der Waals surface area contributed by atoms with Gasteiger partial charge >= 0.3 is 0 Å². The fourth-order valence-electron chi connectivity index (χ4n) is 3.67. The van der Waals surface area contributed by atoms with Crippen molar-refractivity contribution in [1.82, 2.24) is 25.3 Å². The van der Waals surface area contributed by atoms with Crippen molar-refractivity contribution in [2.24, 2.45) is 0 Å². The Morgan fingerprint density at radius 2 is 1.89 bits per heavy atom. The minimum Gasteiger partial charge on any atom is -0.379 e. The van der Waals surface area contributed by atoms with Gasteiger partial charge in [-0.15, -0.1) is 0 Å². The number of carbonyl (C=O) groups is 1. The maximum Gasteiger partial charge on any atom is 0.290 e. The van der Waals surface area contributed by atoms with Crippen LogP contribution in [-0.2, 0) is 6.54 Å². The number of nitrogens with one attached hydrogen (secondary N) is 3. The monoisotopic (exact) mass is 516 g/mol. The molecule has 2 aromatic carbocycles. The molecule has 4 aromatic rings. The van der Waals surface area contributed by atoms with E-state index in [1.165, 1.54) is 12.3 Å². The highest BCUT2D eigenvalue weighted by atomic mass is 19.2. The smallest absolute Gasteiger partial charge is 0.290 e. The number of aromatic amines is 1. The molecule has 12 heteroatoms. The van der Waals surface area contributed by atoms with Crippen LogP contribution in [0.25, 0.3) is 11.3 Å². The number of anilines is 2. The van der Waals surface area contributed by atoms with Crippen LogP contribution in [0.1, 0.15) is 46.0 Å². The van der Waals surface area contributed by atoms with Gasteiger partial charge in [-0.3, -0.25) is 9.59 Å². The van der Waals surface area contributed by atoms with Crippen LogP contribution >= 0.6 is 0 Å². The first-order valence-electron chi connectivity index (χ1n) is 11.4. The van der Waals surface area contributed by atoms with Crippen molar-refractivity contribution in [3.8, 4) is 17.3 Å². The van der Waals surface area contributed by atoms with Gasteiger partial charge in [-0.25, -0.2) is 23.7 Å². The van der Waals surface area contributed by atoms with Gasteiger partial charge in [-0.05, 0) is 42.7 Å². The fourth-order valence-corrected chi connectivity index (χ4v) is 3.67. The summed E-state index contributed by atoms with van der Waals surface area (Å²) in [5, 5.41) is 14.9. The second-order valence-corrected chi connectivity index (χ2v) is 8.40. The maximum absolute atomic E-state index is 13.6. The SMILES string of the molecule is Cc1nc(N)c(=O)[nH]c1-c1ccc(CNc2ncc(C#N)nc2C(=O)N[C@@H](C)c2ccc(F)c(F)c2)cc1. The van der Waals surface area contributed by atoms with E-state index < -0.39 is 29.1 Å². The number of nitrogen functional groups attached to an aromatic ring is 1. The third-order valence-corrected chi connectivity index (χ3v) is 5.72. The average molecular weight is 517 g/mol. The molecule has 0 saturated carbocycles. The first kappa shape index (κ1) is 25.9. The van der Waals surface area contributed by atoms with E-state index in [9.17, 15) is 23.6 Å². The number of rotatable bonds is 7. The van der Waals surface area contributed by atoms with Crippen LogP contribution in [-0.4, -0.2) is 25.8 Å². The number of aryl methyl sites for hydroxylation is 1. The zero-order valence-electron chi connectivity index (χ0n) is 20.3. The fraction of sp³-hybridized carbons (Fsp3) is 0.154. The van der Waals surface area contributed by atoms with Gasteiger partial charge in [0.05, 0.1) is 23.6 Å². The minimum absolute atomic E-state index is 0.0630. The number of hydrogen-bond acceptors (Lipinski definition) is 8. The van der Waals surface area contributed by atoms with Crippen LogP contribution in [0.2, 0.25) is 0 Å². The highest BCUT2D eigenvalue weighted by Gasteiger charge is 2.19. The van der Waals surface area contributed by atoms with Crippen molar-refractivity contribution < 1.29 is 13.6 Å². The van der Waals surface area contributed by atoms with Crippen molar-refractivity contribution >= 4 is 17.5 Å². The molecular weight excluding hydrogens is 494 g/mol. The van der Waals surface area contributed by atoms with Gasteiger partial charge in [-0.2, -0.15) is 5.26 Å². The number of aromatic nitrogens is 4. The van der Waals surface area contributed by atoms with Crippen LogP contribution in [0.15, 0.2) is 53.5 Å². The second-order valence-electron chi connectivity index (χ2n) is 8.40. The third-order valence-electron chi connectivity index (χ3n) is 5.72. The summed E-state index contributed by atoms with van der Waals surface area (Å²) in [4.78, 5) is 39.8. The molecular formula is C26H22F2N8O2. The van der Waals surface area contributed by atoms with Crippen LogP contribution in [0, 0.1) is 29.9 Å². The Kier molecular flexibility index (Phi) is 7.38. The summed E-state index contributed by atoms with van der Waals surface area (Å²) >= 11 is 0. The minimum atomic E-state index is -1.03. The molecule has 0 saturated heterocycles. The number of halogens is 2. The molecule has 1 amide bonds. The second kappa shape index (κ2) is 10.8. The molecule has 5 N–H and O–H groups in total. The highest BCUT2D eigenvalue weighted by Crippen LogP contribution is 2.21. The Morgan fingerprint density at radius 1 is 1.16 bits per heavy atom. The molecule has 0 aliphatic carbocycles. The number of amides is 1. The largest absolute Gasteiger partial charge is 0.379 e. The molecule has 0 spiro atoms. The molecule has 0 bridgehead atoms. The van der Waals surface area contributed by atoms with Crippen molar-refractivity contribution in [3.63, 3.8) is 0 Å². The lowest BCUT2D eigenvalue weighted by Crippen LogP contribution is -2.29. The molecule has 4 rings (SSSR count). The number of nitriles is 1. The number of nitrogens with zero attached hydrogens (tertiary/aromatic N) is 4. The molecule has 2 aromatic heterocycles. The van der Waals surface area contributed by atoms with E-state index in [0.717, 1.165) is 23.3 Å². The first-order valence-corrected chi connectivity index (χ1v) is 11.4. The maximum atomic E-state index is 13.6. The Labute approximate surface area is 215 Å². The topological polar surface area (TPSA) is 162 Å². The van der Waals surface area contributed by atoms with E-state index in [2.05, 4.69) is 30.6 Å². The zero-order valence-corrected chi connectivity index (χ0v) is 20.3. The van der Waals surface area contributed by atoms with Gasteiger partial charge < -0.3 is 21.4 Å². The van der Waals surface area contributed by atoms with Crippen molar-refractivity contribution in [3.05, 3.63) is 98.9 Å². The molecule has 10 nitrogen and oxygen atoms in total. The predicted octanol–water partition coefficient (Wildman–Crippen LogP) is 3.37. The molecule has 1 atom stereocenters. The lowest BCUT2D eigenvalue weighted by Gasteiger charge is -2.16. The van der Waals surface area contributed by atoms with Crippen LogP contribution in [0.3, 0.4) is 0 Å². The Bertz CT molecular complexity index is 1610. The zero-order chi connectivity index (χ0) is 27.4. The molecule has 0 aliphatic rings. The first-order chi connectivity index (χ1) is 18.2. The van der Waals surface area contributed by atoms with Gasteiger partial charge in [0.1, 0.15) is 6.07 Å². The van der Waals surface area contributed by atoms with Crippen molar-refractivity contribution in [2.75, 3.05) is 11.1 Å². The van der Waals surface area contributed by atoms with Crippen LogP contribution in [0.5, 0.6) is 0 Å². The quantitative estimate of drug-likeness (QED) is 0.291. The molecule has 0 radical (unpaired) electrons. The van der Waals surface area contributed by atoms with Gasteiger partial charge in [0.15, 0.2) is 34.7 Å². The van der Waals surface area contributed by atoms with E-state index in [1.807, 2.05) is 18.2 Å². The Balaban J connectivity index is 1.51. The van der Waals surface area contributed by atoms with Crippen molar-refractivity contribution in [2.45, 2.75) is 26.4 Å². The number of H-pyrrole nitrogens is 1. The predicted molar refractivity (Wildman–Crippen MR) is 136 cm³/mol. The van der Waals surface area contributed by atoms with E-state index in [0.29, 0.717) is 17.0 Å². The molecule has 0 fully saturated rings. The average Bonchev–Trinajstić information content (AvgIpc) is 2.91. The van der Waals surface area contributed by atoms with E-state index >= 15 is 0 Å². The number of benzene rings is 2. The van der Waals surface area contributed by atoms with Gasteiger partial charge in [0, 0.05) is 6.54 Å². The van der Waals surface area contributed by atoms with E-state index in [4.69, 9.17) is 5.73 Å². The summed E-state index contributed by atoms with van der Waals surface area (Å²) in [5.41, 5.74) is 7.93. The molecule has 38 heavy (non-hydrogen) atoms. The van der Waals surface area contributed by atoms with E-state index in [-0.39, 0.29) is 29.6 Å². The van der Waals surface area contributed by atoms with Crippen molar-refractivity contribution in [1.29, 1.82) is 5.26 Å². The summed E-state index contributed by atoms with van der Waals surface area (Å²) in [5.74, 6) is -2.65. The van der Waals surface area contributed by atoms with Gasteiger partial charge in [0.2, 0.25) is 0 Å². The lowest BCUT2D eigenvalue weighted by atomic mass is 10.1. The van der Waals surface area contributed by atoms with Gasteiger partial charge in [-0.1, -0.05) is 30.3 Å². The van der Waals surface area contributed by atoms with Crippen LogP contribution in [0.4, 0.5) is 20.4 Å². The summed E-state index contributed by atoms with van der Waals surface area (Å²) in [6.07, 6.45) is 1.23. The number of hydrogen-bond donors (Lipinski definition) is 4. The normalized spacial score (nSPS) is 11.4. The van der Waals surface area contributed by atoms with Gasteiger partial charge in [0.25, 0.3) is 11.5 Å². The van der Waals surface area contributed by atoms with E-state index in [1.54, 1.807) is 26.0 Å². The Hall–Kier alpha value is -5.18. The molecule has 0 aliphatic heterocycles. The summed E-state index contributed by atoms with van der Waals surface area (Å²) in [6, 6.07) is 11.7.